The van der Waals surface area contributed by atoms with Gasteiger partial charge in [0.25, 0.3) is 5.91 Å². The van der Waals surface area contributed by atoms with Crippen LogP contribution in [0.4, 0.5) is 9.59 Å². The SMILES string of the molecule is CCOC(=O)CCNC(=O)N(Cc1ccc(C(=O)NC[C@H](NC(=O)OCc2ccccc2)C(=O)O)cc1)Cc1nc2ccccc2[nH]1. The fourth-order valence-electron chi connectivity index (χ4n) is 4.46. The van der Waals surface area contributed by atoms with Gasteiger partial charge in [-0.1, -0.05) is 54.6 Å². The molecule has 1 atom stereocenters. The minimum absolute atomic E-state index is 0.0228. The molecule has 1 aromatic heterocycles. The molecular weight excluding hydrogens is 608 g/mol. The van der Waals surface area contributed by atoms with E-state index in [0.717, 1.165) is 16.6 Å². The number of rotatable bonds is 15. The van der Waals surface area contributed by atoms with Crippen molar-refractivity contribution in [2.45, 2.75) is 39.1 Å². The van der Waals surface area contributed by atoms with E-state index >= 15 is 0 Å². The molecular formula is C33H36N6O8. The minimum Gasteiger partial charge on any atom is -0.480 e. The number of carboxylic acid groups (broad SMARTS) is 1. The zero-order valence-electron chi connectivity index (χ0n) is 25.7. The predicted octanol–water partition coefficient (Wildman–Crippen LogP) is 3.34. The molecule has 4 amide bonds. The van der Waals surface area contributed by atoms with Gasteiger partial charge in [0.15, 0.2) is 0 Å². The van der Waals surface area contributed by atoms with Gasteiger partial charge in [0.1, 0.15) is 18.5 Å². The fourth-order valence-corrected chi connectivity index (χ4v) is 4.46. The van der Waals surface area contributed by atoms with Crippen LogP contribution >= 0.6 is 0 Å². The van der Waals surface area contributed by atoms with Gasteiger partial charge in [-0.2, -0.15) is 0 Å². The normalized spacial score (nSPS) is 11.3. The van der Waals surface area contributed by atoms with Crippen LogP contribution in [-0.2, 0) is 38.8 Å². The molecule has 0 unspecified atom stereocenters. The number of hydrogen-bond acceptors (Lipinski definition) is 8. The van der Waals surface area contributed by atoms with Gasteiger partial charge in [-0.25, -0.2) is 19.4 Å². The van der Waals surface area contributed by atoms with E-state index < -0.39 is 36.0 Å². The Morgan fingerprint density at radius 1 is 0.872 bits per heavy atom. The number of carboxylic acids is 1. The maximum atomic E-state index is 13.1. The highest BCUT2D eigenvalue weighted by atomic mass is 16.5. The summed E-state index contributed by atoms with van der Waals surface area (Å²) >= 11 is 0. The largest absolute Gasteiger partial charge is 0.480 e. The van der Waals surface area contributed by atoms with Crippen molar-refractivity contribution in [3.63, 3.8) is 0 Å². The van der Waals surface area contributed by atoms with Gasteiger partial charge >= 0.3 is 24.1 Å². The second-order valence-corrected chi connectivity index (χ2v) is 10.3. The van der Waals surface area contributed by atoms with Crippen molar-refractivity contribution >= 4 is 41.0 Å². The van der Waals surface area contributed by atoms with E-state index in [1.807, 2.05) is 30.3 Å². The second kappa shape index (κ2) is 17.0. The van der Waals surface area contributed by atoms with Crippen LogP contribution in [0.3, 0.4) is 0 Å². The number of aromatic amines is 1. The average Bonchev–Trinajstić information content (AvgIpc) is 3.48. The summed E-state index contributed by atoms with van der Waals surface area (Å²) < 4.78 is 9.99. The predicted molar refractivity (Wildman–Crippen MR) is 170 cm³/mol. The fraction of sp³-hybridized carbons (Fsp3) is 0.273. The molecule has 14 heteroatoms. The van der Waals surface area contributed by atoms with Crippen LogP contribution in [0.2, 0.25) is 0 Å². The number of aromatic nitrogens is 2. The topological polar surface area (TPSA) is 192 Å². The number of alkyl carbamates (subject to hydrolysis) is 1. The molecule has 4 aromatic rings. The van der Waals surface area contributed by atoms with E-state index in [-0.39, 0.29) is 51.4 Å². The zero-order valence-corrected chi connectivity index (χ0v) is 25.7. The molecule has 47 heavy (non-hydrogen) atoms. The summed E-state index contributed by atoms with van der Waals surface area (Å²) in [5, 5.41) is 17.0. The lowest BCUT2D eigenvalue weighted by molar-refractivity contribution is -0.143. The number of imidazole rings is 1. The second-order valence-electron chi connectivity index (χ2n) is 10.3. The number of para-hydroxylation sites is 2. The molecule has 0 aliphatic rings. The van der Waals surface area contributed by atoms with Crippen LogP contribution in [0.15, 0.2) is 78.9 Å². The summed E-state index contributed by atoms with van der Waals surface area (Å²) in [6, 6.07) is 20.9. The maximum Gasteiger partial charge on any atom is 0.408 e. The number of fused-ring (bicyclic) bond motifs is 1. The number of esters is 1. The smallest absolute Gasteiger partial charge is 0.408 e. The van der Waals surface area contributed by atoms with E-state index in [1.54, 1.807) is 55.5 Å². The van der Waals surface area contributed by atoms with Crippen molar-refractivity contribution in [3.8, 4) is 0 Å². The number of carbonyl (C=O) groups is 5. The van der Waals surface area contributed by atoms with E-state index in [2.05, 4.69) is 25.9 Å². The Morgan fingerprint density at radius 3 is 2.30 bits per heavy atom. The van der Waals surface area contributed by atoms with Gasteiger partial charge in [0.05, 0.1) is 30.6 Å². The Labute approximate surface area is 270 Å². The van der Waals surface area contributed by atoms with E-state index in [1.165, 1.54) is 4.90 Å². The average molecular weight is 645 g/mol. The summed E-state index contributed by atoms with van der Waals surface area (Å²) in [6.45, 7) is 1.91. The van der Waals surface area contributed by atoms with E-state index in [9.17, 15) is 29.1 Å². The van der Waals surface area contributed by atoms with Crippen LogP contribution < -0.4 is 16.0 Å². The van der Waals surface area contributed by atoms with Crippen molar-refractivity contribution in [2.75, 3.05) is 19.7 Å². The first-order chi connectivity index (χ1) is 22.7. The number of carbonyl (C=O) groups excluding carboxylic acids is 4. The van der Waals surface area contributed by atoms with E-state index in [4.69, 9.17) is 9.47 Å². The molecule has 0 aliphatic heterocycles. The van der Waals surface area contributed by atoms with E-state index in [0.29, 0.717) is 11.4 Å². The Balaban J connectivity index is 1.34. The molecule has 0 radical (unpaired) electrons. The molecule has 0 fully saturated rings. The minimum atomic E-state index is -1.42. The molecule has 1 heterocycles. The van der Waals surface area contributed by atoms with Crippen molar-refractivity contribution < 1.29 is 38.6 Å². The molecule has 0 spiro atoms. The third-order valence-corrected chi connectivity index (χ3v) is 6.84. The number of amides is 4. The first kappa shape index (κ1) is 34.0. The Hall–Kier alpha value is -5.92. The number of hydrogen-bond donors (Lipinski definition) is 5. The van der Waals surface area contributed by atoms with Crippen molar-refractivity contribution in [1.82, 2.24) is 30.8 Å². The third kappa shape index (κ3) is 10.6. The van der Waals surface area contributed by atoms with Gasteiger partial charge in [-0.3, -0.25) is 9.59 Å². The highest BCUT2D eigenvalue weighted by molar-refractivity contribution is 5.94. The van der Waals surface area contributed by atoms with Crippen molar-refractivity contribution in [3.05, 3.63) is 101 Å². The van der Waals surface area contributed by atoms with Crippen LogP contribution in [0, 0.1) is 0 Å². The zero-order chi connectivity index (χ0) is 33.6. The summed E-state index contributed by atoms with van der Waals surface area (Å²) in [5.41, 5.74) is 3.25. The summed E-state index contributed by atoms with van der Waals surface area (Å²) in [4.78, 5) is 70.7. The number of aliphatic carboxylic acids is 1. The number of benzene rings is 3. The van der Waals surface area contributed by atoms with Gasteiger partial charge in [0.2, 0.25) is 0 Å². The number of urea groups is 1. The third-order valence-electron chi connectivity index (χ3n) is 6.84. The van der Waals surface area contributed by atoms with Gasteiger partial charge in [0, 0.05) is 25.2 Å². The number of H-pyrrole nitrogens is 1. The number of ether oxygens (including phenoxy) is 2. The number of nitrogens with one attached hydrogen (secondary N) is 4. The summed E-state index contributed by atoms with van der Waals surface area (Å²) in [5.74, 6) is -1.76. The lowest BCUT2D eigenvalue weighted by Crippen LogP contribution is -2.48. The summed E-state index contributed by atoms with van der Waals surface area (Å²) in [6.07, 6.45) is -0.911. The Bertz CT molecular complexity index is 1640. The monoisotopic (exact) mass is 644 g/mol. The van der Waals surface area contributed by atoms with Crippen LogP contribution in [0.1, 0.15) is 40.7 Å². The molecule has 0 aliphatic carbocycles. The number of nitrogens with zero attached hydrogens (tertiary/aromatic N) is 2. The van der Waals surface area contributed by atoms with Gasteiger partial charge in [-0.05, 0) is 42.3 Å². The molecule has 5 N–H and O–H groups in total. The van der Waals surface area contributed by atoms with Crippen LogP contribution in [0.5, 0.6) is 0 Å². The Kier molecular flexibility index (Phi) is 12.3. The maximum absolute atomic E-state index is 13.1. The van der Waals surface area contributed by atoms with Crippen LogP contribution in [-0.4, -0.2) is 75.7 Å². The van der Waals surface area contributed by atoms with Crippen molar-refractivity contribution in [1.29, 1.82) is 0 Å². The lowest BCUT2D eigenvalue weighted by atomic mass is 10.1. The summed E-state index contributed by atoms with van der Waals surface area (Å²) in [7, 11) is 0. The Morgan fingerprint density at radius 2 is 1.60 bits per heavy atom. The molecule has 246 valence electrons. The lowest BCUT2D eigenvalue weighted by Gasteiger charge is -2.22. The molecule has 0 bridgehead atoms. The quantitative estimate of drug-likeness (QED) is 0.121. The standard InChI is InChI=1S/C33H36N6O8/c1-2-46-29(40)16-17-34-32(44)39(20-28-36-25-10-6-7-11-26(25)37-28)19-22-12-14-24(15-13-22)30(41)35-18-27(31(42)43)38-33(45)47-21-23-8-4-3-5-9-23/h3-15,27H,2,16-21H2,1H3,(H,34,44)(H,35,41)(H,36,37)(H,38,45)(H,42,43)/t27-/m0/s1. The highest BCUT2D eigenvalue weighted by Crippen LogP contribution is 2.15. The van der Waals surface area contributed by atoms with Crippen LogP contribution in [0.25, 0.3) is 11.0 Å². The molecule has 0 saturated carbocycles. The molecule has 4 rings (SSSR count). The highest BCUT2D eigenvalue weighted by Gasteiger charge is 2.22. The molecule has 3 aromatic carbocycles. The van der Waals surface area contributed by atoms with Gasteiger partial charge in [-0.15, -0.1) is 0 Å². The first-order valence-corrected chi connectivity index (χ1v) is 14.9. The van der Waals surface area contributed by atoms with Crippen molar-refractivity contribution in [2.24, 2.45) is 0 Å². The molecule has 14 nitrogen and oxygen atoms in total. The van der Waals surface area contributed by atoms with Gasteiger partial charge < -0.3 is 40.4 Å². The molecule has 0 saturated heterocycles. The first-order valence-electron chi connectivity index (χ1n) is 14.9.